The van der Waals surface area contributed by atoms with Crippen LogP contribution < -0.4 is 10.0 Å². The first-order chi connectivity index (χ1) is 16.3. The first kappa shape index (κ1) is 26.8. The van der Waals surface area contributed by atoms with Crippen LogP contribution in [-0.2, 0) is 34.1 Å². The molecule has 0 saturated heterocycles. The Hall–Kier alpha value is -2.79. The summed E-state index contributed by atoms with van der Waals surface area (Å²) in [5.41, 5.74) is 0.974. The van der Waals surface area contributed by atoms with Crippen molar-refractivity contribution in [2.45, 2.75) is 57.8 Å². The predicted molar refractivity (Wildman–Crippen MR) is 124 cm³/mol. The second kappa shape index (κ2) is 10.9. The van der Waals surface area contributed by atoms with E-state index in [9.17, 15) is 30.8 Å². The average molecular weight is 514 g/mol. The van der Waals surface area contributed by atoms with Crippen LogP contribution >= 0.6 is 0 Å². The molecule has 1 aromatic heterocycles. The number of benzene rings is 1. The third-order valence-electron chi connectivity index (χ3n) is 5.81. The van der Waals surface area contributed by atoms with E-state index in [1.807, 2.05) is 6.08 Å². The zero-order chi connectivity index (χ0) is 25.8. The highest BCUT2D eigenvalue weighted by atomic mass is 32.2. The van der Waals surface area contributed by atoms with Gasteiger partial charge < -0.3 is 5.32 Å². The van der Waals surface area contributed by atoms with E-state index in [0.717, 1.165) is 37.2 Å². The quantitative estimate of drug-likeness (QED) is 0.503. The Kier molecular flexibility index (Phi) is 8.32. The molecule has 1 amide bonds. The van der Waals surface area contributed by atoms with Crippen molar-refractivity contribution in [3.05, 3.63) is 70.3 Å². The summed E-state index contributed by atoms with van der Waals surface area (Å²) in [6.07, 6.45) is 1.48. The topological polar surface area (TPSA) is 88.2 Å². The van der Waals surface area contributed by atoms with Crippen LogP contribution in [0.4, 0.5) is 17.6 Å². The van der Waals surface area contributed by atoms with Gasteiger partial charge in [-0.25, -0.2) is 22.5 Å². The molecule has 1 aliphatic rings. The third kappa shape index (κ3) is 7.35. The molecule has 0 spiro atoms. The van der Waals surface area contributed by atoms with Gasteiger partial charge in [0.25, 0.3) is 0 Å². The number of rotatable bonds is 8. The fourth-order valence-corrected chi connectivity index (χ4v) is 4.21. The highest BCUT2D eigenvalue weighted by Crippen LogP contribution is 2.33. The Labute approximate surface area is 201 Å². The Morgan fingerprint density at radius 3 is 2.43 bits per heavy atom. The number of aromatic nitrogens is 1. The van der Waals surface area contributed by atoms with Gasteiger partial charge in [-0.15, -0.1) is 0 Å². The van der Waals surface area contributed by atoms with Crippen LogP contribution in [0.3, 0.4) is 0 Å². The zero-order valence-electron chi connectivity index (χ0n) is 19.4. The summed E-state index contributed by atoms with van der Waals surface area (Å²) >= 11 is 0. The highest BCUT2D eigenvalue weighted by molar-refractivity contribution is 7.88. The first-order valence-electron chi connectivity index (χ1n) is 11.1. The molecular formula is C24H27F4N3O3S. The van der Waals surface area contributed by atoms with Crippen molar-refractivity contribution in [2.75, 3.05) is 6.26 Å². The first-order valence-corrected chi connectivity index (χ1v) is 13.0. The molecule has 0 fully saturated rings. The van der Waals surface area contributed by atoms with E-state index in [1.54, 1.807) is 6.92 Å². The molecule has 2 N–H and O–H groups in total. The molecule has 0 aliphatic heterocycles. The molecule has 35 heavy (non-hydrogen) atoms. The van der Waals surface area contributed by atoms with Gasteiger partial charge in [-0.2, -0.15) is 13.2 Å². The third-order valence-corrected chi connectivity index (χ3v) is 6.48. The Balaban J connectivity index is 1.74. The normalized spacial score (nSPS) is 15.4. The molecule has 6 nitrogen and oxygen atoms in total. The number of sulfonamides is 1. The van der Waals surface area contributed by atoms with E-state index < -0.39 is 39.5 Å². The summed E-state index contributed by atoms with van der Waals surface area (Å²) in [6.45, 7) is 1.33. The smallest absolute Gasteiger partial charge is 0.351 e. The van der Waals surface area contributed by atoms with E-state index >= 15 is 0 Å². The molecule has 190 valence electrons. The number of nitrogens with one attached hydrogen (secondary N) is 2. The summed E-state index contributed by atoms with van der Waals surface area (Å²) in [4.78, 5) is 16.6. The molecule has 1 unspecified atom stereocenters. The molecule has 1 aliphatic carbocycles. The van der Waals surface area contributed by atoms with Crippen molar-refractivity contribution in [1.82, 2.24) is 15.0 Å². The van der Waals surface area contributed by atoms with Gasteiger partial charge in [0, 0.05) is 18.7 Å². The molecule has 2 aromatic rings. The fraction of sp³-hybridized carbons (Fsp3) is 0.417. The number of hydrogen-bond acceptors (Lipinski definition) is 4. The van der Waals surface area contributed by atoms with Crippen molar-refractivity contribution in [3.63, 3.8) is 0 Å². The summed E-state index contributed by atoms with van der Waals surface area (Å²) in [7, 11) is -3.49. The van der Waals surface area contributed by atoms with Crippen molar-refractivity contribution in [3.8, 4) is 0 Å². The van der Waals surface area contributed by atoms with Crippen LogP contribution in [0, 0.1) is 5.82 Å². The summed E-state index contributed by atoms with van der Waals surface area (Å²) in [6, 6.07) is 6.33. The van der Waals surface area contributed by atoms with Gasteiger partial charge in [0.15, 0.2) is 0 Å². The maximum Gasteiger partial charge on any atom is 0.433 e. The summed E-state index contributed by atoms with van der Waals surface area (Å²) in [5, 5.41) is 2.71. The average Bonchev–Trinajstić information content (AvgIpc) is 2.80. The van der Waals surface area contributed by atoms with Gasteiger partial charge >= 0.3 is 6.18 Å². The minimum absolute atomic E-state index is 0.0279. The standard InChI is InChI=1S/C24H27F4N3O3S/c1-15(17-8-9-18(20(25)12-17)14-30-35(2,33)34)23(32)29-13-19-10-11-21(24(26,27)28)31-22(19)16-6-4-3-5-7-16/h6,8-12,15,30H,3-5,7,13-14H2,1-2H3,(H,29,32). The molecular weight excluding hydrogens is 486 g/mol. The minimum Gasteiger partial charge on any atom is -0.351 e. The lowest BCUT2D eigenvalue weighted by atomic mass is 9.94. The summed E-state index contributed by atoms with van der Waals surface area (Å²) in [5.74, 6) is -1.84. The zero-order valence-corrected chi connectivity index (χ0v) is 20.2. The minimum atomic E-state index is -4.58. The lowest BCUT2D eigenvalue weighted by Crippen LogP contribution is -2.28. The number of pyridine rings is 1. The SMILES string of the molecule is CC(C(=O)NCc1ccc(C(F)(F)F)nc1C1=CCCCC1)c1ccc(CNS(C)(=O)=O)c(F)c1. The van der Waals surface area contributed by atoms with Crippen LogP contribution in [0.5, 0.6) is 0 Å². The van der Waals surface area contributed by atoms with E-state index in [4.69, 9.17) is 0 Å². The Bertz CT molecular complexity index is 1230. The summed E-state index contributed by atoms with van der Waals surface area (Å²) < 4.78 is 78.7. The van der Waals surface area contributed by atoms with Crippen molar-refractivity contribution in [2.24, 2.45) is 0 Å². The van der Waals surface area contributed by atoms with E-state index in [0.29, 0.717) is 17.5 Å². The van der Waals surface area contributed by atoms with E-state index in [2.05, 4.69) is 15.0 Å². The number of carbonyl (C=O) groups is 1. The molecule has 11 heteroatoms. The molecule has 1 heterocycles. The maximum absolute atomic E-state index is 14.4. The largest absolute Gasteiger partial charge is 0.433 e. The van der Waals surface area contributed by atoms with Gasteiger partial charge in [0.2, 0.25) is 15.9 Å². The lowest BCUT2D eigenvalue weighted by Gasteiger charge is -2.19. The molecule has 1 atom stereocenters. The van der Waals surface area contributed by atoms with Gasteiger partial charge in [-0.1, -0.05) is 24.3 Å². The van der Waals surface area contributed by atoms with Gasteiger partial charge in [0.1, 0.15) is 11.5 Å². The van der Waals surface area contributed by atoms with Crippen LogP contribution in [0.1, 0.15) is 66.6 Å². The van der Waals surface area contributed by atoms with Crippen molar-refractivity contribution >= 4 is 21.5 Å². The van der Waals surface area contributed by atoms with E-state index in [-0.39, 0.29) is 24.3 Å². The number of carbonyl (C=O) groups excluding carboxylic acids is 1. The van der Waals surface area contributed by atoms with Crippen molar-refractivity contribution in [1.29, 1.82) is 0 Å². The molecule has 0 bridgehead atoms. The van der Waals surface area contributed by atoms with Crippen molar-refractivity contribution < 1.29 is 30.8 Å². The number of hydrogen-bond donors (Lipinski definition) is 2. The highest BCUT2D eigenvalue weighted by Gasteiger charge is 2.33. The Morgan fingerprint density at radius 2 is 1.83 bits per heavy atom. The molecule has 0 radical (unpaired) electrons. The number of amides is 1. The van der Waals surface area contributed by atoms with Crippen LogP contribution in [0.15, 0.2) is 36.4 Å². The molecule has 3 rings (SSSR count). The van der Waals surface area contributed by atoms with Gasteiger partial charge in [0.05, 0.1) is 17.9 Å². The predicted octanol–water partition coefficient (Wildman–Crippen LogP) is 4.67. The number of alkyl halides is 3. The van der Waals surface area contributed by atoms with E-state index in [1.165, 1.54) is 24.3 Å². The monoisotopic (exact) mass is 513 g/mol. The number of nitrogens with zero attached hydrogens (tertiary/aromatic N) is 1. The van der Waals surface area contributed by atoms with Crippen LogP contribution in [0.2, 0.25) is 0 Å². The second-order valence-corrected chi connectivity index (χ2v) is 10.4. The van der Waals surface area contributed by atoms with Crippen LogP contribution in [0.25, 0.3) is 5.57 Å². The van der Waals surface area contributed by atoms with Crippen LogP contribution in [-0.4, -0.2) is 25.6 Å². The fourth-order valence-electron chi connectivity index (χ4n) is 3.79. The lowest BCUT2D eigenvalue weighted by molar-refractivity contribution is -0.141. The van der Waals surface area contributed by atoms with Gasteiger partial charge in [-0.3, -0.25) is 4.79 Å². The number of allylic oxidation sites excluding steroid dienone is 2. The molecule has 1 aromatic carbocycles. The Morgan fingerprint density at radius 1 is 1.11 bits per heavy atom. The van der Waals surface area contributed by atoms with Gasteiger partial charge in [-0.05, 0) is 61.4 Å². The number of halogens is 4. The molecule has 0 saturated carbocycles. The second-order valence-electron chi connectivity index (χ2n) is 8.56. The maximum atomic E-state index is 14.4.